The van der Waals surface area contributed by atoms with Gasteiger partial charge in [-0.3, -0.25) is 4.79 Å². The van der Waals surface area contributed by atoms with Crippen LogP contribution in [0.25, 0.3) is 0 Å². The minimum Gasteiger partial charge on any atom is -0.488 e. The topological polar surface area (TPSA) is 26.3 Å². The summed E-state index contributed by atoms with van der Waals surface area (Å²) < 4.78 is 45.0. The van der Waals surface area contributed by atoms with E-state index in [1.165, 1.54) is 0 Å². The van der Waals surface area contributed by atoms with E-state index < -0.39 is 34.5 Å². The molecule has 0 aliphatic carbocycles. The quantitative estimate of drug-likeness (QED) is 0.587. The molecule has 5 heteroatoms. The molecule has 0 aromatic heterocycles. The fourth-order valence-electron chi connectivity index (χ4n) is 1.35. The summed E-state index contributed by atoms with van der Waals surface area (Å²) in [6.45, 7) is 3.02. The SMILES string of the molecule is CCCCOc1c(F)cc(F)c(C(C)=O)c1F. The smallest absolute Gasteiger partial charge is 0.191 e. The third-order valence-electron chi connectivity index (χ3n) is 2.22. The summed E-state index contributed by atoms with van der Waals surface area (Å²) in [4.78, 5) is 11.0. The molecule has 1 aromatic rings. The lowest BCUT2D eigenvalue weighted by atomic mass is 10.1. The van der Waals surface area contributed by atoms with Crippen LogP contribution in [0.15, 0.2) is 6.07 Å². The van der Waals surface area contributed by atoms with E-state index in [4.69, 9.17) is 4.74 Å². The number of halogens is 3. The van der Waals surface area contributed by atoms with Gasteiger partial charge in [0.2, 0.25) is 0 Å². The maximum atomic E-state index is 13.6. The third kappa shape index (κ3) is 2.99. The molecule has 1 aromatic carbocycles. The van der Waals surface area contributed by atoms with Crippen LogP contribution in [0, 0.1) is 17.5 Å². The molecule has 17 heavy (non-hydrogen) atoms. The van der Waals surface area contributed by atoms with Gasteiger partial charge < -0.3 is 4.74 Å². The molecule has 0 bridgehead atoms. The highest BCUT2D eigenvalue weighted by atomic mass is 19.1. The second-order valence-corrected chi connectivity index (χ2v) is 3.62. The van der Waals surface area contributed by atoms with Crippen LogP contribution < -0.4 is 4.74 Å². The lowest BCUT2D eigenvalue weighted by molar-refractivity contribution is 0.100. The van der Waals surface area contributed by atoms with E-state index in [2.05, 4.69) is 0 Å². The molecule has 0 amide bonds. The molecule has 0 radical (unpaired) electrons. The highest BCUT2D eigenvalue weighted by Gasteiger charge is 2.22. The number of benzene rings is 1. The average molecular weight is 246 g/mol. The number of ether oxygens (including phenoxy) is 1. The van der Waals surface area contributed by atoms with Gasteiger partial charge in [0.25, 0.3) is 0 Å². The van der Waals surface area contributed by atoms with Gasteiger partial charge in [-0.1, -0.05) is 13.3 Å². The number of Topliss-reactive ketones (excluding diaryl/α,β-unsaturated/α-hetero) is 1. The molecule has 0 saturated carbocycles. The van der Waals surface area contributed by atoms with Gasteiger partial charge in [0.1, 0.15) is 5.82 Å². The summed E-state index contributed by atoms with van der Waals surface area (Å²) in [6, 6.07) is 0.459. The molecule has 0 aliphatic heterocycles. The standard InChI is InChI=1S/C12H13F3O2/c1-3-4-5-17-12-9(14)6-8(13)10(7(2)16)11(12)15/h6H,3-5H2,1-2H3. The Labute approximate surface area is 97.4 Å². The molecule has 0 N–H and O–H groups in total. The lowest BCUT2D eigenvalue weighted by Gasteiger charge is -2.10. The molecule has 0 saturated heterocycles. The van der Waals surface area contributed by atoms with E-state index in [1.807, 2.05) is 6.92 Å². The number of carbonyl (C=O) groups excluding carboxylic acids is 1. The second kappa shape index (κ2) is 5.70. The van der Waals surface area contributed by atoms with Gasteiger partial charge in [0, 0.05) is 6.07 Å². The first-order valence-corrected chi connectivity index (χ1v) is 5.30. The molecule has 2 nitrogen and oxygen atoms in total. The predicted molar refractivity (Wildman–Crippen MR) is 56.7 cm³/mol. The van der Waals surface area contributed by atoms with Crippen LogP contribution in [0.4, 0.5) is 13.2 Å². The van der Waals surface area contributed by atoms with E-state index in [9.17, 15) is 18.0 Å². The Morgan fingerprint density at radius 2 is 1.94 bits per heavy atom. The van der Waals surface area contributed by atoms with Crippen molar-refractivity contribution in [2.24, 2.45) is 0 Å². The van der Waals surface area contributed by atoms with Gasteiger partial charge in [-0.05, 0) is 13.3 Å². The minimum atomic E-state index is -1.27. The fourth-order valence-corrected chi connectivity index (χ4v) is 1.35. The maximum absolute atomic E-state index is 13.6. The lowest BCUT2D eigenvalue weighted by Crippen LogP contribution is -2.08. The average Bonchev–Trinajstić information content (AvgIpc) is 2.21. The van der Waals surface area contributed by atoms with Crippen molar-refractivity contribution in [2.45, 2.75) is 26.7 Å². The molecule has 0 unspecified atom stereocenters. The molecule has 0 atom stereocenters. The second-order valence-electron chi connectivity index (χ2n) is 3.62. The Bertz CT molecular complexity index is 430. The number of ketones is 1. The zero-order valence-corrected chi connectivity index (χ0v) is 9.65. The van der Waals surface area contributed by atoms with Gasteiger partial charge >= 0.3 is 0 Å². The molecule has 0 fully saturated rings. The highest BCUT2D eigenvalue weighted by molar-refractivity contribution is 5.95. The molecular formula is C12H13F3O2. The Morgan fingerprint density at radius 3 is 2.47 bits per heavy atom. The Morgan fingerprint density at radius 1 is 1.29 bits per heavy atom. The first kappa shape index (κ1) is 13.5. The van der Waals surface area contributed by atoms with Crippen molar-refractivity contribution in [3.63, 3.8) is 0 Å². The summed E-state index contributed by atoms with van der Waals surface area (Å²) >= 11 is 0. The number of unbranched alkanes of at least 4 members (excludes halogenated alkanes) is 1. The minimum absolute atomic E-state index is 0.118. The maximum Gasteiger partial charge on any atom is 0.191 e. The van der Waals surface area contributed by atoms with Crippen LogP contribution in [-0.2, 0) is 0 Å². The fraction of sp³-hybridized carbons (Fsp3) is 0.417. The van der Waals surface area contributed by atoms with Crippen molar-refractivity contribution >= 4 is 5.78 Å². The Hall–Kier alpha value is -1.52. The predicted octanol–water partition coefficient (Wildman–Crippen LogP) is 3.49. The van der Waals surface area contributed by atoms with E-state index in [0.29, 0.717) is 12.5 Å². The van der Waals surface area contributed by atoms with E-state index in [0.717, 1.165) is 13.3 Å². The zero-order chi connectivity index (χ0) is 13.0. The summed E-state index contributed by atoms with van der Waals surface area (Å²) in [7, 11) is 0. The summed E-state index contributed by atoms with van der Waals surface area (Å²) in [6.07, 6.45) is 1.41. The van der Waals surface area contributed by atoms with Gasteiger partial charge in [0.15, 0.2) is 23.2 Å². The van der Waals surface area contributed by atoms with Crippen LogP contribution in [0.3, 0.4) is 0 Å². The summed E-state index contributed by atoms with van der Waals surface area (Å²) in [5.74, 6) is -5.12. The van der Waals surface area contributed by atoms with Gasteiger partial charge in [-0.15, -0.1) is 0 Å². The van der Waals surface area contributed by atoms with Crippen molar-refractivity contribution in [1.82, 2.24) is 0 Å². The van der Waals surface area contributed by atoms with Crippen molar-refractivity contribution in [3.05, 3.63) is 29.1 Å². The molecule has 0 aliphatic rings. The van der Waals surface area contributed by atoms with Crippen molar-refractivity contribution < 1.29 is 22.7 Å². The number of hydrogen-bond donors (Lipinski definition) is 0. The molecule has 94 valence electrons. The normalized spacial score (nSPS) is 10.4. The third-order valence-corrected chi connectivity index (χ3v) is 2.22. The summed E-state index contributed by atoms with van der Waals surface area (Å²) in [5, 5.41) is 0. The first-order chi connectivity index (χ1) is 7.99. The summed E-state index contributed by atoms with van der Waals surface area (Å²) in [5.41, 5.74) is -0.766. The van der Waals surface area contributed by atoms with Crippen molar-refractivity contribution in [3.8, 4) is 5.75 Å². The number of rotatable bonds is 5. The largest absolute Gasteiger partial charge is 0.488 e. The van der Waals surface area contributed by atoms with Crippen LogP contribution in [-0.4, -0.2) is 12.4 Å². The first-order valence-electron chi connectivity index (χ1n) is 5.30. The van der Waals surface area contributed by atoms with E-state index in [-0.39, 0.29) is 6.61 Å². The Balaban J connectivity index is 3.12. The monoisotopic (exact) mass is 246 g/mol. The van der Waals surface area contributed by atoms with Crippen molar-refractivity contribution in [2.75, 3.05) is 6.61 Å². The molecule has 1 rings (SSSR count). The number of hydrogen-bond acceptors (Lipinski definition) is 2. The van der Waals surface area contributed by atoms with E-state index >= 15 is 0 Å². The molecular weight excluding hydrogens is 233 g/mol. The Kier molecular flexibility index (Phi) is 4.54. The number of carbonyl (C=O) groups is 1. The van der Waals surface area contributed by atoms with Gasteiger partial charge in [-0.2, -0.15) is 0 Å². The van der Waals surface area contributed by atoms with Crippen LogP contribution in [0.1, 0.15) is 37.0 Å². The van der Waals surface area contributed by atoms with Crippen molar-refractivity contribution in [1.29, 1.82) is 0 Å². The molecule has 0 spiro atoms. The van der Waals surface area contributed by atoms with Crippen LogP contribution in [0.5, 0.6) is 5.75 Å². The van der Waals surface area contributed by atoms with Crippen LogP contribution >= 0.6 is 0 Å². The van der Waals surface area contributed by atoms with E-state index in [1.54, 1.807) is 0 Å². The van der Waals surface area contributed by atoms with Gasteiger partial charge in [-0.25, -0.2) is 13.2 Å². The zero-order valence-electron chi connectivity index (χ0n) is 9.65. The van der Waals surface area contributed by atoms with Gasteiger partial charge in [0.05, 0.1) is 12.2 Å². The molecule has 0 heterocycles. The highest BCUT2D eigenvalue weighted by Crippen LogP contribution is 2.27. The van der Waals surface area contributed by atoms with Crippen LogP contribution in [0.2, 0.25) is 0 Å².